The molecule has 178 valence electrons. The van der Waals surface area contributed by atoms with Crippen molar-refractivity contribution in [3.63, 3.8) is 0 Å². The Morgan fingerprint density at radius 2 is 1.82 bits per heavy atom. The van der Waals surface area contributed by atoms with E-state index < -0.39 is 0 Å². The number of hydrogen-bond donors (Lipinski definition) is 2. The topological polar surface area (TPSA) is 75.1 Å². The standard InChI is InChI=1S/C27H34N6O/c1-18(2)32-10-8-23(9-11-32)30-24-13-25(16-28-15-24)33-17-21(14-29-33)26-12-20(5-4-19(26)3)27(34)31-22-6-7-22/h4-5,12-18,22-23,30H,6-11H2,1-3H3,(H,31,34). The number of amides is 1. The van der Waals surface area contributed by atoms with Gasteiger partial charge in [0.15, 0.2) is 0 Å². The molecule has 1 amide bonds. The van der Waals surface area contributed by atoms with Crippen molar-refractivity contribution in [2.45, 2.75) is 64.6 Å². The number of nitrogens with zero attached hydrogens (tertiary/aromatic N) is 4. The monoisotopic (exact) mass is 458 g/mol. The fourth-order valence-electron chi connectivity index (χ4n) is 4.60. The first kappa shape index (κ1) is 22.6. The van der Waals surface area contributed by atoms with Gasteiger partial charge in [-0.05, 0) is 75.8 Å². The number of carbonyl (C=O) groups is 1. The molecule has 3 aromatic rings. The van der Waals surface area contributed by atoms with E-state index in [0.29, 0.717) is 23.7 Å². The van der Waals surface area contributed by atoms with Gasteiger partial charge in [-0.15, -0.1) is 0 Å². The summed E-state index contributed by atoms with van der Waals surface area (Å²) in [5, 5.41) is 11.3. The highest BCUT2D eigenvalue weighted by Crippen LogP contribution is 2.27. The van der Waals surface area contributed by atoms with Crippen molar-refractivity contribution in [3.8, 4) is 16.8 Å². The largest absolute Gasteiger partial charge is 0.381 e. The third-order valence-corrected chi connectivity index (χ3v) is 6.92. The molecule has 3 heterocycles. The lowest BCUT2D eigenvalue weighted by Crippen LogP contribution is -2.42. The fraction of sp³-hybridized carbons (Fsp3) is 0.444. The van der Waals surface area contributed by atoms with Gasteiger partial charge in [0.1, 0.15) is 0 Å². The molecular weight excluding hydrogens is 424 g/mol. The molecule has 7 heteroatoms. The first-order valence-electron chi connectivity index (χ1n) is 12.4. The second-order valence-corrected chi connectivity index (χ2v) is 9.93. The Hall–Kier alpha value is -3.19. The number of hydrogen-bond acceptors (Lipinski definition) is 5. The third kappa shape index (κ3) is 5.14. The van der Waals surface area contributed by atoms with Gasteiger partial charge < -0.3 is 15.5 Å². The molecule has 1 saturated carbocycles. The lowest BCUT2D eigenvalue weighted by atomic mass is 10.0. The SMILES string of the molecule is Cc1ccc(C(=O)NC2CC2)cc1-c1cnn(-c2cncc(NC3CCN(C(C)C)CC3)c2)c1. The molecule has 5 rings (SSSR count). The van der Waals surface area contributed by atoms with Crippen molar-refractivity contribution in [3.05, 3.63) is 60.2 Å². The van der Waals surface area contributed by atoms with E-state index in [9.17, 15) is 4.79 Å². The fourth-order valence-corrected chi connectivity index (χ4v) is 4.60. The smallest absolute Gasteiger partial charge is 0.251 e. The Kier molecular flexibility index (Phi) is 6.37. The third-order valence-electron chi connectivity index (χ3n) is 6.92. The van der Waals surface area contributed by atoms with E-state index >= 15 is 0 Å². The maximum absolute atomic E-state index is 12.5. The first-order valence-corrected chi connectivity index (χ1v) is 12.4. The van der Waals surface area contributed by atoms with Gasteiger partial charge in [0.05, 0.1) is 30.0 Å². The number of benzene rings is 1. The summed E-state index contributed by atoms with van der Waals surface area (Å²) in [6.07, 6.45) is 12.0. The number of piperidine rings is 1. The van der Waals surface area contributed by atoms with Crippen molar-refractivity contribution in [2.24, 2.45) is 0 Å². The van der Waals surface area contributed by atoms with Crippen LogP contribution in [0.25, 0.3) is 16.8 Å². The normalized spacial score (nSPS) is 17.2. The molecule has 0 bridgehead atoms. The van der Waals surface area contributed by atoms with E-state index in [1.807, 2.05) is 47.7 Å². The lowest BCUT2D eigenvalue weighted by Gasteiger charge is -2.35. The van der Waals surface area contributed by atoms with Crippen LogP contribution in [0.3, 0.4) is 0 Å². The summed E-state index contributed by atoms with van der Waals surface area (Å²) in [7, 11) is 0. The number of anilines is 1. The summed E-state index contributed by atoms with van der Waals surface area (Å²) in [5.74, 6) is -0.00153. The second-order valence-electron chi connectivity index (χ2n) is 9.93. The molecule has 2 fully saturated rings. The minimum absolute atomic E-state index is 0.00153. The Morgan fingerprint density at radius 1 is 1.03 bits per heavy atom. The quantitative estimate of drug-likeness (QED) is 0.548. The van der Waals surface area contributed by atoms with Crippen LogP contribution in [0, 0.1) is 6.92 Å². The van der Waals surface area contributed by atoms with E-state index in [4.69, 9.17) is 0 Å². The Bertz CT molecular complexity index is 1160. The van der Waals surface area contributed by atoms with E-state index in [1.165, 1.54) is 0 Å². The zero-order valence-electron chi connectivity index (χ0n) is 20.3. The van der Waals surface area contributed by atoms with Crippen LogP contribution in [-0.4, -0.2) is 56.8 Å². The number of nitrogens with one attached hydrogen (secondary N) is 2. The lowest BCUT2D eigenvalue weighted by molar-refractivity contribution is 0.0951. The minimum Gasteiger partial charge on any atom is -0.381 e. The van der Waals surface area contributed by atoms with Crippen LogP contribution in [0.5, 0.6) is 0 Å². The van der Waals surface area contributed by atoms with Crippen LogP contribution in [0.15, 0.2) is 49.1 Å². The predicted octanol–water partition coefficient (Wildman–Crippen LogP) is 4.42. The van der Waals surface area contributed by atoms with Crippen LogP contribution in [0.1, 0.15) is 55.5 Å². The van der Waals surface area contributed by atoms with Gasteiger partial charge in [-0.3, -0.25) is 9.78 Å². The maximum atomic E-state index is 12.5. The van der Waals surface area contributed by atoms with Gasteiger partial charge in [-0.1, -0.05) is 6.07 Å². The van der Waals surface area contributed by atoms with Crippen LogP contribution in [0.2, 0.25) is 0 Å². The zero-order valence-corrected chi connectivity index (χ0v) is 20.3. The van der Waals surface area contributed by atoms with Crippen molar-refractivity contribution in [1.29, 1.82) is 0 Å². The molecule has 0 radical (unpaired) electrons. The second kappa shape index (κ2) is 9.58. The summed E-state index contributed by atoms with van der Waals surface area (Å²) in [5.41, 5.74) is 5.75. The highest BCUT2D eigenvalue weighted by molar-refractivity contribution is 5.96. The minimum atomic E-state index is -0.00153. The molecule has 7 nitrogen and oxygen atoms in total. The van der Waals surface area contributed by atoms with Gasteiger partial charge in [0, 0.05) is 48.5 Å². The van der Waals surface area contributed by atoms with Crippen LogP contribution in [0.4, 0.5) is 5.69 Å². The summed E-state index contributed by atoms with van der Waals surface area (Å²) in [6, 6.07) is 9.39. The number of pyridine rings is 1. The number of aryl methyl sites for hydroxylation is 1. The van der Waals surface area contributed by atoms with Gasteiger partial charge in [0.25, 0.3) is 5.91 Å². The molecule has 1 aliphatic carbocycles. The van der Waals surface area contributed by atoms with Crippen LogP contribution in [-0.2, 0) is 0 Å². The predicted molar refractivity (Wildman–Crippen MR) is 135 cm³/mol. The molecule has 2 aliphatic rings. The number of aromatic nitrogens is 3. The summed E-state index contributed by atoms with van der Waals surface area (Å²) in [4.78, 5) is 19.5. The Morgan fingerprint density at radius 3 is 2.56 bits per heavy atom. The molecule has 1 saturated heterocycles. The summed E-state index contributed by atoms with van der Waals surface area (Å²) < 4.78 is 1.85. The molecule has 1 aromatic carbocycles. The van der Waals surface area contributed by atoms with E-state index in [1.54, 1.807) is 0 Å². The number of carbonyl (C=O) groups excluding carboxylic acids is 1. The average molecular weight is 459 g/mol. The molecule has 0 unspecified atom stereocenters. The van der Waals surface area contributed by atoms with Crippen molar-refractivity contribution >= 4 is 11.6 Å². The molecule has 2 N–H and O–H groups in total. The van der Waals surface area contributed by atoms with Crippen LogP contribution < -0.4 is 10.6 Å². The highest BCUT2D eigenvalue weighted by atomic mass is 16.1. The summed E-state index contributed by atoms with van der Waals surface area (Å²) >= 11 is 0. The maximum Gasteiger partial charge on any atom is 0.251 e. The highest BCUT2D eigenvalue weighted by Gasteiger charge is 2.24. The van der Waals surface area contributed by atoms with Gasteiger partial charge in [-0.2, -0.15) is 5.10 Å². The van der Waals surface area contributed by atoms with E-state index in [-0.39, 0.29) is 5.91 Å². The molecule has 0 atom stereocenters. The van der Waals surface area contributed by atoms with Gasteiger partial charge in [0.2, 0.25) is 0 Å². The van der Waals surface area contributed by atoms with Gasteiger partial charge in [-0.25, -0.2) is 4.68 Å². The number of rotatable bonds is 7. The molecule has 2 aromatic heterocycles. The number of likely N-dealkylation sites (tertiary alicyclic amines) is 1. The van der Waals surface area contributed by atoms with Gasteiger partial charge >= 0.3 is 0 Å². The average Bonchev–Trinajstić information content (AvgIpc) is 3.51. The summed E-state index contributed by atoms with van der Waals surface area (Å²) in [6.45, 7) is 8.84. The molecule has 0 spiro atoms. The van der Waals surface area contributed by atoms with Crippen molar-refractivity contribution < 1.29 is 4.79 Å². The Labute approximate surface area is 201 Å². The van der Waals surface area contributed by atoms with Crippen LogP contribution >= 0.6 is 0 Å². The van der Waals surface area contributed by atoms with E-state index in [2.05, 4.69) is 52.5 Å². The zero-order chi connectivity index (χ0) is 23.7. The van der Waals surface area contributed by atoms with Crippen molar-refractivity contribution in [2.75, 3.05) is 18.4 Å². The van der Waals surface area contributed by atoms with E-state index in [0.717, 1.165) is 66.8 Å². The molecular formula is C27H34N6O. The molecule has 1 aliphatic heterocycles. The first-order chi connectivity index (χ1) is 16.5. The van der Waals surface area contributed by atoms with Crippen molar-refractivity contribution in [1.82, 2.24) is 25.0 Å². The Balaban J connectivity index is 1.30. The molecule has 34 heavy (non-hydrogen) atoms.